The summed E-state index contributed by atoms with van der Waals surface area (Å²) in [6, 6.07) is 8.95. The minimum Gasteiger partial charge on any atom is -0.508 e. The summed E-state index contributed by atoms with van der Waals surface area (Å²) in [4.78, 5) is 27.1. The van der Waals surface area contributed by atoms with Gasteiger partial charge in [-0.2, -0.15) is 0 Å². The highest BCUT2D eigenvalue weighted by Gasteiger charge is 2.22. The summed E-state index contributed by atoms with van der Waals surface area (Å²) < 4.78 is 0.566. The number of rotatable bonds is 5. The third kappa shape index (κ3) is 5.12. The lowest BCUT2D eigenvalue weighted by molar-refractivity contribution is 0.0791. The summed E-state index contributed by atoms with van der Waals surface area (Å²) in [5.74, 6) is -0.492. The van der Waals surface area contributed by atoms with E-state index in [1.807, 2.05) is 4.90 Å². The van der Waals surface area contributed by atoms with Crippen molar-refractivity contribution < 1.29 is 14.7 Å². The Bertz CT molecular complexity index is 977. The number of nitrogens with zero attached hydrogens (tertiary/aromatic N) is 1. The van der Waals surface area contributed by atoms with Crippen molar-refractivity contribution in [2.45, 2.75) is 25.8 Å². The number of halogens is 2. The van der Waals surface area contributed by atoms with Crippen LogP contribution in [0.25, 0.3) is 0 Å². The van der Waals surface area contributed by atoms with E-state index in [0.717, 1.165) is 25.9 Å². The Morgan fingerprint density at radius 1 is 1.17 bits per heavy atom. The zero-order valence-corrected chi connectivity index (χ0v) is 18.8. The van der Waals surface area contributed by atoms with Gasteiger partial charge in [0.1, 0.15) is 11.6 Å². The van der Waals surface area contributed by atoms with E-state index < -0.39 is 6.04 Å². The molecule has 1 unspecified atom stereocenters. The molecule has 1 atom stereocenters. The molecule has 160 valence electrons. The van der Waals surface area contributed by atoms with Crippen molar-refractivity contribution in [3.8, 4) is 5.75 Å². The molecule has 1 fully saturated rings. The fourth-order valence-electron chi connectivity index (χ4n) is 3.35. The molecule has 2 amide bonds. The van der Waals surface area contributed by atoms with Gasteiger partial charge in [-0.05, 0) is 72.1 Å². The third-order valence-electron chi connectivity index (χ3n) is 5.01. The Morgan fingerprint density at radius 3 is 2.40 bits per heavy atom. The second kappa shape index (κ2) is 9.95. The van der Waals surface area contributed by atoms with Gasteiger partial charge in [0.05, 0.1) is 11.6 Å². The largest absolute Gasteiger partial charge is 0.508 e. The number of amides is 2. The van der Waals surface area contributed by atoms with Crippen molar-refractivity contribution in [3.63, 3.8) is 0 Å². The predicted molar refractivity (Wildman–Crippen MR) is 122 cm³/mol. The number of nitrogens with one attached hydrogen (secondary N) is 2. The quantitative estimate of drug-likeness (QED) is 0.374. The van der Waals surface area contributed by atoms with Crippen LogP contribution in [0, 0.1) is 5.41 Å². The van der Waals surface area contributed by atoms with E-state index in [9.17, 15) is 14.7 Å². The van der Waals surface area contributed by atoms with Crippen LogP contribution < -0.4 is 11.1 Å². The summed E-state index contributed by atoms with van der Waals surface area (Å²) in [5, 5.41) is 20.5. The van der Waals surface area contributed by atoms with Gasteiger partial charge in [-0.15, -0.1) is 12.4 Å². The zero-order valence-electron chi connectivity index (χ0n) is 16.4. The smallest absolute Gasteiger partial charge is 0.254 e. The number of benzene rings is 2. The number of amidine groups is 1. The lowest BCUT2D eigenvalue weighted by Crippen LogP contribution is -2.29. The Morgan fingerprint density at radius 2 is 1.80 bits per heavy atom. The van der Waals surface area contributed by atoms with Gasteiger partial charge in [0, 0.05) is 34.3 Å². The highest BCUT2D eigenvalue weighted by Crippen LogP contribution is 2.26. The molecule has 0 aliphatic carbocycles. The second-order valence-corrected chi connectivity index (χ2v) is 7.93. The Kier molecular flexibility index (Phi) is 7.86. The molecule has 1 aliphatic heterocycles. The monoisotopic (exact) mass is 494 g/mol. The fraction of sp³-hybridized carbons (Fsp3) is 0.286. The maximum Gasteiger partial charge on any atom is 0.254 e. The summed E-state index contributed by atoms with van der Waals surface area (Å²) in [6.45, 7) is 3.25. The normalized spacial score (nSPS) is 14.0. The molecule has 2 aromatic rings. The lowest BCUT2D eigenvalue weighted by Gasteiger charge is -2.18. The van der Waals surface area contributed by atoms with Gasteiger partial charge in [-0.3, -0.25) is 15.0 Å². The Balaban J connectivity index is 0.00000320. The van der Waals surface area contributed by atoms with Crippen molar-refractivity contribution in [3.05, 3.63) is 63.1 Å². The number of carbonyl (C=O) groups excluding carboxylic acids is 2. The van der Waals surface area contributed by atoms with Crippen LogP contribution in [0.1, 0.15) is 57.7 Å². The Labute approximate surface area is 189 Å². The summed E-state index contributed by atoms with van der Waals surface area (Å²) >= 11 is 3.41. The first-order chi connectivity index (χ1) is 13.8. The number of likely N-dealkylation sites (tertiary alicyclic amines) is 1. The van der Waals surface area contributed by atoms with E-state index in [1.54, 1.807) is 37.3 Å². The lowest BCUT2D eigenvalue weighted by atomic mass is 10.0. The Hall–Kier alpha value is -2.58. The first kappa shape index (κ1) is 23.7. The van der Waals surface area contributed by atoms with E-state index in [0.29, 0.717) is 26.7 Å². The second-order valence-electron chi connectivity index (χ2n) is 7.08. The molecule has 1 saturated heterocycles. The minimum absolute atomic E-state index is 0. The average Bonchev–Trinajstić information content (AvgIpc) is 3.22. The molecule has 0 saturated carbocycles. The molecule has 0 radical (unpaired) electrons. The first-order valence-electron chi connectivity index (χ1n) is 9.35. The maximum absolute atomic E-state index is 12.7. The number of hydrogen-bond acceptors (Lipinski definition) is 4. The van der Waals surface area contributed by atoms with Crippen LogP contribution >= 0.6 is 28.3 Å². The van der Waals surface area contributed by atoms with Gasteiger partial charge in [0.25, 0.3) is 11.8 Å². The minimum atomic E-state index is -0.508. The van der Waals surface area contributed by atoms with E-state index >= 15 is 0 Å². The van der Waals surface area contributed by atoms with Crippen LogP contribution in [-0.4, -0.2) is 40.7 Å². The molecule has 0 aromatic heterocycles. The van der Waals surface area contributed by atoms with Crippen molar-refractivity contribution in [2.24, 2.45) is 5.73 Å². The zero-order chi connectivity index (χ0) is 21.1. The van der Waals surface area contributed by atoms with Crippen LogP contribution in [0.5, 0.6) is 5.75 Å². The highest BCUT2D eigenvalue weighted by atomic mass is 79.9. The van der Waals surface area contributed by atoms with E-state index in [2.05, 4.69) is 21.2 Å². The topological polar surface area (TPSA) is 120 Å². The van der Waals surface area contributed by atoms with Crippen molar-refractivity contribution in [1.82, 2.24) is 10.2 Å². The summed E-state index contributed by atoms with van der Waals surface area (Å²) in [6.07, 6.45) is 2.03. The van der Waals surface area contributed by atoms with E-state index in [-0.39, 0.29) is 35.8 Å². The van der Waals surface area contributed by atoms with Crippen molar-refractivity contribution >= 4 is 46.0 Å². The molecule has 7 nitrogen and oxygen atoms in total. The molecule has 5 N–H and O–H groups in total. The molecule has 0 spiro atoms. The SMILES string of the molecule is CC(NC(=O)c1ccc(C(=O)N2CCCC2)c(Br)c1)c1cc(C(=N)N)ccc1O.Cl. The molecule has 1 heterocycles. The van der Waals surface area contributed by atoms with Crippen LogP contribution in [0.4, 0.5) is 0 Å². The fourth-order valence-corrected chi connectivity index (χ4v) is 3.90. The summed E-state index contributed by atoms with van der Waals surface area (Å²) in [5.41, 5.74) is 7.36. The molecular formula is C21H24BrClN4O3. The maximum atomic E-state index is 12.7. The van der Waals surface area contributed by atoms with Gasteiger partial charge in [0.15, 0.2) is 0 Å². The number of phenolic OH excluding ortho intramolecular Hbond substituents is 1. The standard InChI is InChI=1S/C21H23BrN4O3.ClH/c1-12(16-10-13(19(23)24)5-7-18(16)27)25-20(28)14-4-6-15(17(22)11-14)21(29)26-8-2-3-9-26;/h4-7,10-12,27H,2-3,8-9H2,1H3,(H3,23,24)(H,25,28);1H. The van der Waals surface area contributed by atoms with Gasteiger partial charge >= 0.3 is 0 Å². The molecular weight excluding hydrogens is 472 g/mol. The van der Waals surface area contributed by atoms with Gasteiger partial charge in [-0.25, -0.2) is 0 Å². The average molecular weight is 496 g/mol. The third-order valence-corrected chi connectivity index (χ3v) is 5.66. The van der Waals surface area contributed by atoms with Crippen molar-refractivity contribution in [2.75, 3.05) is 13.1 Å². The number of phenols is 1. The number of nitrogens with two attached hydrogens (primary N) is 1. The number of aromatic hydroxyl groups is 1. The molecule has 0 bridgehead atoms. The highest BCUT2D eigenvalue weighted by molar-refractivity contribution is 9.10. The van der Waals surface area contributed by atoms with E-state index in [1.165, 1.54) is 6.07 Å². The van der Waals surface area contributed by atoms with Crippen LogP contribution in [0.2, 0.25) is 0 Å². The predicted octanol–water partition coefficient (Wildman–Crippen LogP) is 3.59. The van der Waals surface area contributed by atoms with Crippen LogP contribution in [0.3, 0.4) is 0 Å². The summed E-state index contributed by atoms with van der Waals surface area (Å²) in [7, 11) is 0. The number of nitrogen functional groups attached to an aromatic ring is 1. The van der Waals surface area contributed by atoms with Gasteiger partial charge in [0.2, 0.25) is 0 Å². The molecule has 30 heavy (non-hydrogen) atoms. The first-order valence-corrected chi connectivity index (χ1v) is 10.1. The molecule has 2 aromatic carbocycles. The number of carbonyl (C=O) groups is 2. The van der Waals surface area contributed by atoms with Gasteiger partial charge in [-0.1, -0.05) is 0 Å². The van der Waals surface area contributed by atoms with Crippen LogP contribution in [0.15, 0.2) is 40.9 Å². The molecule has 1 aliphatic rings. The van der Waals surface area contributed by atoms with Gasteiger partial charge < -0.3 is 21.1 Å². The van der Waals surface area contributed by atoms with Crippen molar-refractivity contribution in [1.29, 1.82) is 5.41 Å². The molecule has 3 rings (SSSR count). The van der Waals surface area contributed by atoms with Crippen LogP contribution in [-0.2, 0) is 0 Å². The van der Waals surface area contributed by atoms with E-state index in [4.69, 9.17) is 11.1 Å². The molecule has 9 heteroatoms. The number of hydrogen-bond donors (Lipinski definition) is 4.